The molecule has 1 N–H and O–H groups in total. The van der Waals surface area contributed by atoms with Crippen LogP contribution in [0, 0.1) is 0 Å². The van der Waals surface area contributed by atoms with Crippen LogP contribution >= 0.6 is 0 Å². The van der Waals surface area contributed by atoms with Gasteiger partial charge in [0.2, 0.25) is 5.89 Å². The number of rotatable bonds is 6. The Morgan fingerprint density at radius 3 is 2.67 bits per heavy atom. The largest absolute Gasteiger partial charge is 0.339 e. The molecule has 1 aliphatic heterocycles. The lowest BCUT2D eigenvalue weighted by Crippen LogP contribution is -2.37. The van der Waals surface area contributed by atoms with Crippen LogP contribution in [0.5, 0.6) is 0 Å². The second-order valence-corrected chi connectivity index (χ2v) is 4.93. The standard InChI is InChI=1S/C13H24N4O/c1-4-8-13(9-7-10-14-13)11-15-12(16-18-11)17(5-2)6-3/h14H,4-10H2,1-3H3. The first-order valence-corrected chi connectivity index (χ1v) is 7.10. The van der Waals surface area contributed by atoms with Crippen LogP contribution in [0.2, 0.25) is 0 Å². The fourth-order valence-electron chi connectivity index (χ4n) is 2.78. The van der Waals surface area contributed by atoms with Gasteiger partial charge in [-0.05, 0) is 44.8 Å². The maximum absolute atomic E-state index is 5.52. The third kappa shape index (κ3) is 2.36. The SMILES string of the molecule is CCCC1(c2nc(N(CC)CC)no2)CCCN1. The van der Waals surface area contributed by atoms with Crippen molar-refractivity contribution in [1.29, 1.82) is 0 Å². The quantitative estimate of drug-likeness (QED) is 0.842. The summed E-state index contributed by atoms with van der Waals surface area (Å²) >= 11 is 0. The van der Waals surface area contributed by atoms with E-state index in [1.54, 1.807) is 0 Å². The zero-order valence-electron chi connectivity index (χ0n) is 11.7. The van der Waals surface area contributed by atoms with Gasteiger partial charge in [-0.2, -0.15) is 4.98 Å². The Morgan fingerprint density at radius 2 is 2.11 bits per heavy atom. The highest BCUT2D eigenvalue weighted by atomic mass is 16.5. The Bertz CT molecular complexity index is 367. The van der Waals surface area contributed by atoms with E-state index >= 15 is 0 Å². The Morgan fingerprint density at radius 1 is 1.33 bits per heavy atom. The van der Waals surface area contributed by atoms with Gasteiger partial charge in [-0.3, -0.25) is 0 Å². The monoisotopic (exact) mass is 252 g/mol. The lowest BCUT2D eigenvalue weighted by atomic mass is 9.92. The summed E-state index contributed by atoms with van der Waals surface area (Å²) in [5, 5.41) is 7.69. The molecular formula is C13H24N4O. The van der Waals surface area contributed by atoms with Crippen molar-refractivity contribution in [1.82, 2.24) is 15.5 Å². The predicted molar refractivity (Wildman–Crippen MR) is 71.7 cm³/mol. The first-order chi connectivity index (χ1) is 8.75. The molecule has 1 fully saturated rings. The lowest BCUT2D eigenvalue weighted by Gasteiger charge is -2.24. The van der Waals surface area contributed by atoms with Gasteiger partial charge in [0.25, 0.3) is 5.95 Å². The number of aromatic nitrogens is 2. The highest BCUT2D eigenvalue weighted by Gasteiger charge is 2.39. The van der Waals surface area contributed by atoms with Crippen molar-refractivity contribution in [2.45, 2.75) is 52.0 Å². The van der Waals surface area contributed by atoms with Gasteiger partial charge in [0, 0.05) is 13.1 Å². The molecule has 5 nitrogen and oxygen atoms in total. The fourth-order valence-corrected chi connectivity index (χ4v) is 2.78. The van der Waals surface area contributed by atoms with Crippen LogP contribution in [0.15, 0.2) is 4.52 Å². The smallest absolute Gasteiger partial charge is 0.266 e. The van der Waals surface area contributed by atoms with E-state index < -0.39 is 0 Å². The molecule has 0 amide bonds. The van der Waals surface area contributed by atoms with Crippen LogP contribution in [-0.2, 0) is 5.54 Å². The van der Waals surface area contributed by atoms with Gasteiger partial charge in [-0.25, -0.2) is 0 Å². The molecule has 5 heteroatoms. The molecule has 0 aromatic carbocycles. The maximum Gasteiger partial charge on any atom is 0.266 e. The minimum absolute atomic E-state index is 0.0762. The van der Waals surface area contributed by atoms with E-state index in [1.807, 2.05) is 0 Å². The third-order valence-corrected chi connectivity index (χ3v) is 3.79. The van der Waals surface area contributed by atoms with Crippen LogP contribution < -0.4 is 10.2 Å². The molecule has 1 aromatic heterocycles. The summed E-state index contributed by atoms with van der Waals surface area (Å²) in [6.45, 7) is 9.27. The van der Waals surface area contributed by atoms with Crippen LogP contribution in [0.4, 0.5) is 5.95 Å². The van der Waals surface area contributed by atoms with Crippen molar-refractivity contribution in [2.75, 3.05) is 24.5 Å². The Balaban J connectivity index is 2.21. The van der Waals surface area contributed by atoms with Crippen molar-refractivity contribution in [3.8, 4) is 0 Å². The summed E-state index contributed by atoms with van der Waals surface area (Å²) in [5.41, 5.74) is -0.0762. The molecule has 2 heterocycles. The zero-order valence-corrected chi connectivity index (χ0v) is 11.7. The molecule has 18 heavy (non-hydrogen) atoms. The molecule has 1 atom stereocenters. The lowest BCUT2D eigenvalue weighted by molar-refractivity contribution is 0.241. The van der Waals surface area contributed by atoms with Crippen molar-refractivity contribution in [2.24, 2.45) is 0 Å². The van der Waals surface area contributed by atoms with Gasteiger partial charge < -0.3 is 14.7 Å². The van der Waals surface area contributed by atoms with Crippen molar-refractivity contribution in [3.05, 3.63) is 5.89 Å². The minimum Gasteiger partial charge on any atom is -0.339 e. The molecule has 0 aliphatic carbocycles. The second-order valence-electron chi connectivity index (χ2n) is 4.93. The summed E-state index contributed by atoms with van der Waals surface area (Å²) in [7, 11) is 0. The molecule has 0 bridgehead atoms. The Kier molecular flexibility index (Phi) is 4.22. The molecule has 0 saturated carbocycles. The molecule has 2 rings (SSSR count). The highest BCUT2D eigenvalue weighted by molar-refractivity contribution is 5.28. The third-order valence-electron chi connectivity index (χ3n) is 3.79. The number of anilines is 1. The fraction of sp³-hybridized carbons (Fsp3) is 0.846. The highest BCUT2D eigenvalue weighted by Crippen LogP contribution is 2.34. The predicted octanol–water partition coefficient (Wildman–Crippen LogP) is 2.29. The average molecular weight is 252 g/mol. The first-order valence-electron chi connectivity index (χ1n) is 7.10. The Hall–Kier alpha value is -1.10. The first kappa shape index (κ1) is 13.3. The van der Waals surface area contributed by atoms with Crippen molar-refractivity contribution >= 4 is 5.95 Å². The Labute approximate surface area is 109 Å². The van der Waals surface area contributed by atoms with E-state index in [4.69, 9.17) is 4.52 Å². The summed E-state index contributed by atoms with van der Waals surface area (Å²) in [4.78, 5) is 6.72. The number of hydrogen-bond acceptors (Lipinski definition) is 5. The zero-order chi connectivity index (χ0) is 13.0. The topological polar surface area (TPSA) is 54.2 Å². The van der Waals surface area contributed by atoms with Gasteiger partial charge in [0.15, 0.2) is 0 Å². The normalized spacial score (nSPS) is 23.5. The second kappa shape index (κ2) is 5.69. The molecular weight excluding hydrogens is 228 g/mol. The van der Waals surface area contributed by atoms with Crippen LogP contribution in [0.25, 0.3) is 0 Å². The van der Waals surface area contributed by atoms with Gasteiger partial charge in [0.1, 0.15) is 0 Å². The van der Waals surface area contributed by atoms with E-state index in [9.17, 15) is 0 Å². The molecule has 0 radical (unpaired) electrons. The molecule has 1 saturated heterocycles. The van der Waals surface area contributed by atoms with E-state index in [0.29, 0.717) is 0 Å². The summed E-state index contributed by atoms with van der Waals surface area (Å²) in [6.07, 6.45) is 4.46. The number of hydrogen-bond donors (Lipinski definition) is 1. The van der Waals surface area contributed by atoms with Crippen molar-refractivity contribution < 1.29 is 4.52 Å². The van der Waals surface area contributed by atoms with E-state index in [-0.39, 0.29) is 5.54 Å². The molecule has 1 aromatic rings. The van der Waals surface area contributed by atoms with Crippen LogP contribution in [0.3, 0.4) is 0 Å². The van der Waals surface area contributed by atoms with Gasteiger partial charge >= 0.3 is 0 Å². The van der Waals surface area contributed by atoms with Gasteiger partial charge in [0.05, 0.1) is 5.54 Å². The molecule has 102 valence electrons. The van der Waals surface area contributed by atoms with E-state index in [2.05, 4.69) is 41.1 Å². The average Bonchev–Trinajstić information content (AvgIpc) is 3.01. The molecule has 1 aliphatic rings. The summed E-state index contributed by atoms with van der Waals surface area (Å²) in [6, 6.07) is 0. The number of nitrogens with zero attached hydrogens (tertiary/aromatic N) is 3. The minimum atomic E-state index is -0.0762. The maximum atomic E-state index is 5.52. The van der Waals surface area contributed by atoms with Crippen molar-refractivity contribution in [3.63, 3.8) is 0 Å². The van der Waals surface area contributed by atoms with Crippen LogP contribution in [-0.4, -0.2) is 29.8 Å². The number of nitrogens with one attached hydrogen (secondary N) is 1. The van der Waals surface area contributed by atoms with E-state index in [0.717, 1.165) is 50.7 Å². The van der Waals surface area contributed by atoms with Gasteiger partial charge in [-0.15, -0.1) is 0 Å². The summed E-state index contributed by atoms with van der Waals surface area (Å²) < 4.78 is 5.52. The van der Waals surface area contributed by atoms with Gasteiger partial charge in [-0.1, -0.05) is 13.3 Å². The van der Waals surface area contributed by atoms with E-state index in [1.165, 1.54) is 6.42 Å². The van der Waals surface area contributed by atoms with Crippen LogP contribution in [0.1, 0.15) is 52.3 Å². The summed E-state index contributed by atoms with van der Waals surface area (Å²) in [5.74, 6) is 1.49. The molecule has 0 spiro atoms. The molecule has 1 unspecified atom stereocenters.